The van der Waals surface area contributed by atoms with Gasteiger partial charge in [-0.05, 0) is 24.1 Å². The Morgan fingerprint density at radius 3 is 2.53 bits per heavy atom. The summed E-state index contributed by atoms with van der Waals surface area (Å²) in [6, 6.07) is 4.21. The zero-order chi connectivity index (χ0) is 14.0. The molecule has 2 amide bonds. The van der Waals surface area contributed by atoms with Gasteiger partial charge in [0.2, 0.25) is 11.8 Å². The third-order valence-corrected chi connectivity index (χ3v) is 3.03. The van der Waals surface area contributed by atoms with E-state index in [0.29, 0.717) is 5.56 Å². The van der Waals surface area contributed by atoms with E-state index in [1.165, 1.54) is 24.3 Å². The number of benzene rings is 1. The molecule has 0 bridgehead atoms. The van der Waals surface area contributed by atoms with E-state index in [0.717, 1.165) is 4.90 Å². The van der Waals surface area contributed by atoms with Crippen LogP contribution in [0, 0.1) is 5.82 Å². The number of likely N-dealkylation sites (tertiary alicyclic amines) is 1. The van der Waals surface area contributed by atoms with Gasteiger partial charge in [-0.2, -0.15) is 0 Å². The molecule has 1 atom stereocenters. The lowest BCUT2D eigenvalue weighted by molar-refractivity contribution is -0.153. The quantitative estimate of drug-likeness (QED) is 0.883. The minimum Gasteiger partial charge on any atom is -0.480 e. The standard InChI is InChI=1S/C13H12FNO4/c14-9-3-1-8(2-4-9)7-12(17)15-10(13(18)19)5-6-11(15)16/h1-4,10H,5-7H2,(H,18,19). The molecule has 2 rings (SSSR count). The van der Waals surface area contributed by atoms with Crippen molar-refractivity contribution in [1.29, 1.82) is 0 Å². The number of rotatable bonds is 3. The van der Waals surface area contributed by atoms with Gasteiger partial charge >= 0.3 is 5.97 Å². The van der Waals surface area contributed by atoms with Crippen LogP contribution < -0.4 is 0 Å². The molecular formula is C13H12FNO4. The molecule has 0 saturated carbocycles. The van der Waals surface area contributed by atoms with Crippen LogP contribution in [0.4, 0.5) is 4.39 Å². The van der Waals surface area contributed by atoms with Crippen LogP contribution in [-0.4, -0.2) is 33.8 Å². The van der Waals surface area contributed by atoms with Crippen LogP contribution in [0.25, 0.3) is 0 Å². The number of imide groups is 1. The molecule has 19 heavy (non-hydrogen) atoms. The number of nitrogens with zero attached hydrogens (tertiary/aromatic N) is 1. The van der Waals surface area contributed by atoms with Crippen molar-refractivity contribution in [3.05, 3.63) is 35.6 Å². The Morgan fingerprint density at radius 1 is 1.32 bits per heavy atom. The summed E-state index contributed by atoms with van der Waals surface area (Å²) in [5, 5.41) is 8.96. The highest BCUT2D eigenvalue weighted by molar-refractivity contribution is 6.02. The van der Waals surface area contributed by atoms with Crippen molar-refractivity contribution in [1.82, 2.24) is 4.90 Å². The summed E-state index contributed by atoms with van der Waals surface area (Å²) in [5.74, 6) is -2.64. The van der Waals surface area contributed by atoms with Gasteiger partial charge in [-0.25, -0.2) is 9.18 Å². The number of aliphatic carboxylic acids is 1. The highest BCUT2D eigenvalue weighted by Gasteiger charge is 2.39. The number of hydrogen-bond acceptors (Lipinski definition) is 3. The Labute approximate surface area is 108 Å². The fourth-order valence-corrected chi connectivity index (χ4v) is 2.09. The van der Waals surface area contributed by atoms with Gasteiger partial charge in [-0.1, -0.05) is 12.1 Å². The molecule has 1 aliphatic rings. The van der Waals surface area contributed by atoms with Crippen LogP contribution in [0.3, 0.4) is 0 Å². The fraction of sp³-hybridized carbons (Fsp3) is 0.308. The zero-order valence-corrected chi connectivity index (χ0v) is 10.0. The van der Waals surface area contributed by atoms with E-state index < -0.39 is 29.6 Å². The monoisotopic (exact) mass is 265 g/mol. The van der Waals surface area contributed by atoms with Gasteiger partial charge in [-0.3, -0.25) is 14.5 Å². The summed E-state index contributed by atoms with van der Waals surface area (Å²) in [5.41, 5.74) is 0.537. The maximum atomic E-state index is 12.7. The van der Waals surface area contributed by atoms with Gasteiger partial charge in [0.25, 0.3) is 0 Å². The van der Waals surface area contributed by atoms with E-state index in [2.05, 4.69) is 0 Å². The van der Waals surface area contributed by atoms with Crippen molar-refractivity contribution >= 4 is 17.8 Å². The van der Waals surface area contributed by atoms with Crippen LogP contribution in [0.15, 0.2) is 24.3 Å². The Bertz CT molecular complexity index is 526. The minimum absolute atomic E-state index is 0.0616. The van der Waals surface area contributed by atoms with Crippen molar-refractivity contribution in [2.24, 2.45) is 0 Å². The third-order valence-electron chi connectivity index (χ3n) is 3.03. The molecule has 0 spiro atoms. The van der Waals surface area contributed by atoms with Gasteiger partial charge < -0.3 is 5.11 Å². The normalized spacial score (nSPS) is 18.7. The average Bonchev–Trinajstić information content (AvgIpc) is 2.74. The van der Waals surface area contributed by atoms with Crippen molar-refractivity contribution in [2.75, 3.05) is 0 Å². The summed E-state index contributed by atoms with van der Waals surface area (Å²) < 4.78 is 12.7. The Morgan fingerprint density at radius 2 is 1.95 bits per heavy atom. The van der Waals surface area contributed by atoms with Gasteiger partial charge in [0.15, 0.2) is 0 Å². The van der Waals surface area contributed by atoms with E-state index >= 15 is 0 Å². The second-order valence-corrected chi connectivity index (χ2v) is 4.35. The van der Waals surface area contributed by atoms with Crippen molar-refractivity contribution in [3.63, 3.8) is 0 Å². The van der Waals surface area contributed by atoms with E-state index in [-0.39, 0.29) is 19.3 Å². The Hall–Kier alpha value is -2.24. The number of amides is 2. The average molecular weight is 265 g/mol. The lowest BCUT2D eigenvalue weighted by atomic mass is 10.1. The predicted molar refractivity (Wildman–Crippen MR) is 62.6 cm³/mol. The number of hydrogen-bond donors (Lipinski definition) is 1. The van der Waals surface area contributed by atoms with E-state index in [1.54, 1.807) is 0 Å². The maximum absolute atomic E-state index is 12.7. The number of carbonyl (C=O) groups excluding carboxylic acids is 2. The molecule has 1 saturated heterocycles. The summed E-state index contributed by atoms with van der Waals surface area (Å²) >= 11 is 0. The predicted octanol–water partition coefficient (Wildman–Crippen LogP) is 0.970. The lowest BCUT2D eigenvalue weighted by Gasteiger charge is -2.19. The molecular weight excluding hydrogens is 253 g/mol. The van der Waals surface area contributed by atoms with Crippen LogP contribution >= 0.6 is 0 Å². The number of halogens is 1. The van der Waals surface area contributed by atoms with Crippen LogP contribution in [0.1, 0.15) is 18.4 Å². The highest BCUT2D eigenvalue weighted by Crippen LogP contribution is 2.20. The second-order valence-electron chi connectivity index (χ2n) is 4.35. The Balaban J connectivity index is 2.12. The van der Waals surface area contributed by atoms with Crippen LogP contribution in [0.5, 0.6) is 0 Å². The van der Waals surface area contributed by atoms with Crippen molar-refractivity contribution < 1.29 is 23.9 Å². The van der Waals surface area contributed by atoms with Crippen LogP contribution in [-0.2, 0) is 20.8 Å². The van der Waals surface area contributed by atoms with Crippen molar-refractivity contribution in [3.8, 4) is 0 Å². The third kappa shape index (κ3) is 2.78. The molecule has 1 N–H and O–H groups in total. The molecule has 100 valence electrons. The maximum Gasteiger partial charge on any atom is 0.326 e. The summed E-state index contributed by atoms with van der Waals surface area (Å²) in [7, 11) is 0. The molecule has 1 aliphatic heterocycles. The SMILES string of the molecule is O=C(O)C1CCC(=O)N1C(=O)Cc1ccc(F)cc1. The largest absolute Gasteiger partial charge is 0.480 e. The lowest BCUT2D eigenvalue weighted by Crippen LogP contribution is -2.43. The van der Waals surface area contributed by atoms with Crippen LogP contribution in [0.2, 0.25) is 0 Å². The van der Waals surface area contributed by atoms with E-state index in [1.807, 2.05) is 0 Å². The number of carboxylic acid groups (broad SMARTS) is 1. The first kappa shape index (κ1) is 13.2. The molecule has 0 aliphatic carbocycles. The number of carboxylic acids is 1. The zero-order valence-electron chi connectivity index (χ0n) is 10.0. The van der Waals surface area contributed by atoms with Gasteiger partial charge in [-0.15, -0.1) is 0 Å². The first-order valence-electron chi connectivity index (χ1n) is 5.81. The summed E-state index contributed by atoms with van der Waals surface area (Å²) in [6.45, 7) is 0. The molecule has 6 heteroatoms. The molecule has 1 unspecified atom stereocenters. The van der Waals surface area contributed by atoms with Gasteiger partial charge in [0.1, 0.15) is 11.9 Å². The molecule has 1 aromatic carbocycles. The minimum atomic E-state index is -1.18. The smallest absolute Gasteiger partial charge is 0.326 e. The van der Waals surface area contributed by atoms with Gasteiger partial charge in [0, 0.05) is 6.42 Å². The first-order valence-corrected chi connectivity index (χ1v) is 5.81. The Kier molecular flexibility index (Phi) is 3.59. The summed E-state index contributed by atoms with van der Waals surface area (Å²) in [4.78, 5) is 35.3. The molecule has 0 aromatic heterocycles. The van der Waals surface area contributed by atoms with E-state index in [4.69, 9.17) is 5.11 Å². The van der Waals surface area contributed by atoms with Gasteiger partial charge in [0.05, 0.1) is 6.42 Å². The molecule has 1 aromatic rings. The van der Waals surface area contributed by atoms with E-state index in [9.17, 15) is 18.8 Å². The molecule has 5 nitrogen and oxygen atoms in total. The molecule has 0 radical (unpaired) electrons. The van der Waals surface area contributed by atoms with Crippen molar-refractivity contribution in [2.45, 2.75) is 25.3 Å². The first-order chi connectivity index (χ1) is 8.99. The fourth-order valence-electron chi connectivity index (χ4n) is 2.09. The second kappa shape index (κ2) is 5.17. The molecule has 1 heterocycles. The topological polar surface area (TPSA) is 74.7 Å². The summed E-state index contributed by atoms with van der Waals surface area (Å²) in [6.07, 6.45) is 0.0885. The number of carbonyl (C=O) groups is 3. The molecule has 1 fully saturated rings. The highest BCUT2D eigenvalue weighted by atomic mass is 19.1.